The van der Waals surface area contributed by atoms with Crippen LogP contribution < -0.4 is 5.73 Å². The molecule has 98 valence electrons. The SMILES string of the molecule is NC(=O)CC(c1ccc(Cl)cc1)c1ccccc1Cl. The maximum atomic E-state index is 11.3. The molecule has 0 saturated carbocycles. The molecule has 2 nitrogen and oxygen atoms in total. The van der Waals surface area contributed by atoms with E-state index in [0.29, 0.717) is 10.0 Å². The molecule has 0 saturated heterocycles. The van der Waals surface area contributed by atoms with Gasteiger partial charge in [-0.3, -0.25) is 4.79 Å². The number of primary amides is 1. The van der Waals surface area contributed by atoms with E-state index < -0.39 is 0 Å². The molecule has 0 aliphatic heterocycles. The van der Waals surface area contributed by atoms with Crippen molar-refractivity contribution in [3.63, 3.8) is 0 Å². The van der Waals surface area contributed by atoms with Crippen molar-refractivity contribution in [3.8, 4) is 0 Å². The summed E-state index contributed by atoms with van der Waals surface area (Å²) in [7, 11) is 0. The Kier molecular flexibility index (Phi) is 4.46. The molecule has 4 heteroatoms. The highest BCUT2D eigenvalue weighted by atomic mass is 35.5. The van der Waals surface area contributed by atoms with Crippen LogP contribution in [0.3, 0.4) is 0 Å². The van der Waals surface area contributed by atoms with Crippen molar-refractivity contribution in [1.82, 2.24) is 0 Å². The van der Waals surface area contributed by atoms with Gasteiger partial charge >= 0.3 is 0 Å². The van der Waals surface area contributed by atoms with E-state index in [4.69, 9.17) is 28.9 Å². The molecule has 1 unspecified atom stereocenters. The van der Waals surface area contributed by atoms with E-state index in [0.717, 1.165) is 11.1 Å². The van der Waals surface area contributed by atoms with Gasteiger partial charge in [0.15, 0.2) is 0 Å². The van der Waals surface area contributed by atoms with Gasteiger partial charge in [0.05, 0.1) is 0 Å². The number of halogens is 2. The topological polar surface area (TPSA) is 43.1 Å². The van der Waals surface area contributed by atoms with Crippen molar-refractivity contribution < 1.29 is 4.79 Å². The third-order valence-electron chi connectivity index (χ3n) is 2.96. The molecule has 0 spiro atoms. The molecule has 1 atom stereocenters. The highest BCUT2D eigenvalue weighted by Gasteiger charge is 2.19. The van der Waals surface area contributed by atoms with Crippen molar-refractivity contribution in [2.75, 3.05) is 0 Å². The lowest BCUT2D eigenvalue weighted by Gasteiger charge is -2.17. The lowest BCUT2D eigenvalue weighted by atomic mass is 9.88. The zero-order valence-electron chi connectivity index (χ0n) is 10.1. The lowest BCUT2D eigenvalue weighted by Crippen LogP contribution is -2.16. The second kappa shape index (κ2) is 6.09. The Morgan fingerprint density at radius 2 is 1.68 bits per heavy atom. The Labute approximate surface area is 122 Å². The average Bonchev–Trinajstić information content (AvgIpc) is 2.38. The fourth-order valence-electron chi connectivity index (χ4n) is 2.06. The Hall–Kier alpha value is -1.51. The number of carbonyl (C=O) groups is 1. The molecule has 19 heavy (non-hydrogen) atoms. The van der Waals surface area contributed by atoms with Gasteiger partial charge in [0.2, 0.25) is 5.91 Å². The summed E-state index contributed by atoms with van der Waals surface area (Å²) in [4.78, 5) is 11.3. The lowest BCUT2D eigenvalue weighted by molar-refractivity contribution is -0.118. The first kappa shape index (κ1) is 13.9. The van der Waals surface area contributed by atoms with Crippen LogP contribution >= 0.6 is 23.2 Å². The van der Waals surface area contributed by atoms with Crippen molar-refractivity contribution in [3.05, 3.63) is 69.7 Å². The Morgan fingerprint density at radius 3 is 2.26 bits per heavy atom. The highest BCUT2D eigenvalue weighted by molar-refractivity contribution is 6.31. The minimum absolute atomic E-state index is 0.150. The number of hydrogen-bond donors (Lipinski definition) is 1. The molecule has 0 aromatic heterocycles. The average molecular weight is 294 g/mol. The quantitative estimate of drug-likeness (QED) is 0.910. The van der Waals surface area contributed by atoms with E-state index in [1.807, 2.05) is 30.3 Å². The normalized spacial score (nSPS) is 12.1. The summed E-state index contributed by atoms with van der Waals surface area (Å²) in [5, 5.41) is 1.28. The van der Waals surface area contributed by atoms with Crippen LogP contribution in [0.25, 0.3) is 0 Å². The first-order valence-corrected chi connectivity index (χ1v) is 6.61. The van der Waals surface area contributed by atoms with Crippen molar-refractivity contribution >= 4 is 29.1 Å². The first-order chi connectivity index (χ1) is 9.08. The molecule has 0 aliphatic rings. The van der Waals surface area contributed by atoms with Crippen LogP contribution in [0, 0.1) is 0 Å². The third kappa shape index (κ3) is 3.49. The molecule has 2 N–H and O–H groups in total. The molecule has 0 radical (unpaired) electrons. The summed E-state index contributed by atoms with van der Waals surface area (Å²) < 4.78 is 0. The number of benzene rings is 2. The standard InChI is InChI=1S/C15H13Cl2NO/c16-11-7-5-10(6-8-11)13(9-15(18)19)12-3-1-2-4-14(12)17/h1-8,13H,9H2,(H2,18,19). The summed E-state index contributed by atoms with van der Waals surface area (Å²) >= 11 is 12.1. The molecule has 2 aromatic carbocycles. The third-order valence-corrected chi connectivity index (χ3v) is 3.55. The maximum absolute atomic E-state index is 11.3. The van der Waals surface area contributed by atoms with E-state index in [-0.39, 0.29) is 18.2 Å². The van der Waals surface area contributed by atoms with Crippen LogP contribution in [0.2, 0.25) is 10.0 Å². The number of nitrogens with two attached hydrogens (primary N) is 1. The van der Waals surface area contributed by atoms with E-state index in [1.165, 1.54) is 0 Å². The van der Waals surface area contributed by atoms with E-state index in [2.05, 4.69) is 0 Å². The smallest absolute Gasteiger partial charge is 0.218 e. The second-order valence-corrected chi connectivity index (χ2v) is 5.14. The van der Waals surface area contributed by atoms with Gasteiger partial charge in [-0.15, -0.1) is 0 Å². The summed E-state index contributed by atoms with van der Waals surface area (Å²) in [5.41, 5.74) is 7.20. The summed E-state index contributed by atoms with van der Waals surface area (Å²) in [6.45, 7) is 0. The second-order valence-electron chi connectivity index (χ2n) is 4.30. The van der Waals surface area contributed by atoms with Crippen LogP contribution in [0.15, 0.2) is 48.5 Å². The van der Waals surface area contributed by atoms with Gasteiger partial charge in [0.1, 0.15) is 0 Å². The van der Waals surface area contributed by atoms with Crippen LogP contribution in [0.4, 0.5) is 0 Å². The van der Waals surface area contributed by atoms with E-state index in [9.17, 15) is 4.79 Å². The maximum Gasteiger partial charge on any atom is 0.218 e. The zero-order valence-corrected chi connectivity index (χ0v) is 11.7. The van der Waals surface area contributed by atoms with Gasteiger partial charge in [0.25, 0.3) is 0 Å². The Bertz CT molecular complexity index is 581. The van der Waals surface area contributed by atoms with Crippen LogP contribution in [-0.4, -0.2) is 5.91 Å². The highest BCUT2D eigenvalue weighted by Crippen LogP contribution is 2.33. The Balaban J connectivity index is 2.44. The summed E-state index contributed by atoms with van der Waals surface area (Å²) in [6.07, 6.45) is 0.214. The van der Waals surface area contributed by atoms with Gasteiger partial charge in [-0.2, -0.15) is 0 Å². The summed E-state index contributed by atoms with van der Waals surface area (Å²) in [6, 6.07) is 14.8. The predicted octanol–water partition coefficient (Wildman–Crippen LogP) is 4.00. The molecule has 2 rings (SSSR count). The number of carbonyl (C=O) groups excluding carboxylic acids is 1. The van der Waals surface area contributed by atoms with E-state index >= 15 is 0 Å². The molecule has 0 heterocycles. The van der Waals surface area contributed by atoms with Gasteiger partial charge in [-0.05, 0) is 29.3 Å². The monoisotopic (exact) mass is 293 g/mol. The zero-order chi connectivity index (χ0) is 13.8. The van der Waals surface area contributed by atoms with Crippen molar-refractivity contribution in [2.24, 2.45) is 5.73 Å². The summed E-state index contributed by atoms with van der Waals surface area (Å²) in [5.74, 6) is -0.511. The first-order valence-electron chi connectivity index (χ1n) is 5.86. The van der Waals surface area contributed by atoms with Crippen LogP contribution in [0.1, 0.15) is 23.5 Å². The molecule has 2 aromatic rings. The van der Waals surface area contributed by atoms with Gasteiger partial charge < -0.3 is 5.73 Å². The number of hydrogen-bond acceptors (Lipinski definition) is 1. The minimum atomic E-state index is -0.361. The van der Waals surface area contributed by atoms with Crippen molar-refractivity contribution in [2.45, 2.75) is 12.3 Å². The predicted molar refractivity (Wildman–Crippen MR) is 78.6 cm³/mol. The molecule has 0 fully saturated rings. The fraction of sp³-hybridized carbons (Fsp3) is 0.133. The number of amides is 1. The largest absolute Gasteiger partial charge is 0.370 e. The van der Waals surface area contributed by atoms with Gasteiger partial charge in [0, 0.05) is 22.4 Å². The molecule has 1 amide bonds. The Morgan fingerprint density at radius 1 is 1.05 bits per heavy atom. The minimum Gasteiger partial charge on any atom is -0.370 e. The molecular weight excluding hydrogens is 281 g/mol. The number of rotatable bonds is 4. The van der Waals surface area contributed by atoms with Crippen LogP contribution in [-0.2, 0) is 4.79 Å². The molecule has 0 aliphatic carbocycles. The van der Waals surface area contributed by atoms with Crippen molar-refractivity contribution in [1.29, 1.82) is 0 Å². The van der Waals surface area contributed by atoms with Gasteiger partial charge in [-0.25, -0.2) is 0 Å². The molecular formula is C15H13Cl2NO. The fourth-order valence-corrected chi connectivity index (χ4v) is 2.45. The molecule has 0 bridgehead atoms. The van der Waals surface area contributed by atoms with E-state index in [1.54, 1.807) is 18.2 Å². The van der Waals surface area contributed by atoms with Crippen LogP contribution in [0.5, 0.6) is 0 Å². The van der Waals surface area contributed by atoms with Gasteiger partial charge in [-0.1, -0.05) is 53.5 Å².